The second kappa shape index (κ2) is 6.62. The van der Waals surface area contributed by atoms with Crippen molar-refractivity contribution in [2.24, 2.45) is 0 Å². The van der Waals surface area contributed by atoms with E-state index in [1.54, 1.807) is 0 Å². The Kier molecular flexibility index (Phi) is 4.39. The number of nitrogens with zero attached hydrogens (tertiary/aromatic N) is 1. The molecule has 0 fully saturated rings. The predicted molar refractivity (Wildman–Crippen MR) is 87.7 cm³/mol. The standard InChI is InChI=1S/C17H16ClN3O/c18-13-8-5-12(6-9-13)7-10-17(22)19-11-16-20-14-3-1-2-4-15(14)21-16/h1-6,8-9H,7,10-11H2,(H,19,22)(H,20,21). The molecule has 5 heteroatoms. The van der Waals surface area contributed by atoms with Gasteiger partial charge in [0.05, 0.1) is 17.6 Å². The number of nitrogens with one attached hydrogen (secondary N) is 2. The summed E-state index contributed by atoms with van der Waals surface area (Å²) in [6, 6.07) is 15.4. The number of imidazole rings is 1. The van der Waals surface area contributed by atoms with Gasteiger partial charge in [-0.2, -0.15) is 0 Å². The first-order valence-electron chi connectivity index (χ1n) is 7.15. The fourth-order valence-corrected chi connectivity index (χ4v) is 2.39. The number of amides is 1. The van der Waals surface area contributed by atoms with Gasteiger partial charge < -0.3 is 10.3 Å². The van der Waals surface area contributed by atoms with Crippen molar-refractivity contribution in [1.82, 2.24) is 15.3 Å². The van der Waals surface area contributed by atoms with Crippen LogP contribution in [0.3, 0.4) is 0 Å². The van der Waals surface area contributed by atoms with E-state index in [1.165, 1.54) is 0 Å². The van der Waals surface area contributed by atoms with Crippen LogP contribution in [0.15, 0.2) is 48.5 Å². The Labute approximate surface area is 133 Å². The zero-order valence-electron chi connectivity index (χ0n) is 12.0. The first-order chi connectivity index (χ1) is 10.7. The number of benzene rings is 2. The number of halogens is 1. The molecule has 2 N–H and O–H groups in total. The number of rotatable bonds is 5. The van der Waals surface area contributed by atoms with Crippen LogP contribution in [-0.4, -0.2) is 15.9 Å². The summed E-state index contributed by atoms with van der Waals surface area (Å²) >= 11 is 5.84. The van der Waals surface area contributed by atoms with Crippen LogP contribution >= 0.6 is 11.6 Å². The molecule has 0 spiro atoms. The third-order valence-electron chi connectivity index (χ3n) is 3.45. The van der Waals surface area contributed by atoms with Crippen molar-refractivity contribution >= 4 is 28.5 Å². The van der Waals surface area contributed by atoms with Gasteiger partial charge in [-0.05, 0) is 36.2 Å². The number of aryl methyl sites for hydroxylation is 1. The summed E-state index contributed by atoms with van der Waals surface area (Å²) in [6.45, 7) is 0.411. The number of hydrogen-bond acceptors (Lipinski definition) is 2. The summed E-state index contributed by atoms with van der Waals surface area (Å²) in [6.07, 6.45) is 1.14. The Bertz CT molecular complexity index is 747. The van der Waals surface area contributed by atoms with Gasteiger partial charge in [-0.3, -0.25) is 4.79 Å². The molecular weight excluding hydrogens is 298 g/mol. The maximum atomic E-state index is 11.9. The van der Waals surface area contributed by atoms with Crippen LogP contribution in [0, 0.1) is 0 Å². The van der Waals surface area contributed by atoms with Crippen LogP contribution in [0.25, 0.3) is 11.0 Å². The normalized spacial score (nSPS) is 10.8. The van der Waals surface area contributed by atoms with Gasteiger partial charge in [0.15, 0.2) is 0 Å². The zero-order chi connectivity index (χ0) is 15.4. The van der Waals surface area contributed by atoms with Crippen LogP contribution in [0.4, 0.5) is 0 Å². The third-order valence-corrected chi connectivity index (χ3v) is 3.70. The fraction of sp³-hybridized carbons (Fsp3) is 0.176. The molecule has 0 saturated heterocycles. The molecule has 112 valence electrons. The van der Waals surface area contributed by atoms with E-state index in [-0.39, 0.29) is 5.91 Å². The molecule has 1 amide bonds. The maximum absolute atomic E-state index is 11.9. The molecule has 0 bridgehead atoms. The minimum absolute atomic E-state index is 0.00964. The Morgan fingerprint density at radius 3 is 2.68 bits per heavy atom. The Morgan fingerprint density at radius 2 is 1.91 bits per heavy atom. The highest BCUT2D eigenvalue weighted by atomic mass is 35.5. The number of para-hydroxylation sites is 2. The summed E-state index contributed by atoms with van der Waals surface area (Å²) in [4.78, 5) is 19.5. The maximum Gasteiger partial charge on any atom is 0.220 e. The monoisotopic (exact) mass is 313 g/mol. The largest absolute Gasteiger partial charge is 0.349 e. The van der Waals surface area contributed by atoms with Gasteiger partial charge >= 0.3 is 0 Å². The van der Waals surface area contributed by atoms with Crippen molar-refractivity contribution in [3.8, 4) is 0 Å². The Balaban J connectivity index is 1.50. The molecule has 0 aliphatic heterocycles. The van der Waals surface area contributed by atoms with E-state index in [0.29, 0.717) is 24.4 Å². The Hall–Kier alpha value is -2.33. The lowest BCUT2D eigenvalue weighted by atomic mass is 10.1. The smallest absolute Gasteiger partial charge is 0.220 e. The highest BCUT2D eigenvalue weighted by molar-refractivity contribution is 6.30. The van der Waals surface area contributed by atoms with E-state index >= 15 is 0 Å². The molecule has 1 heterocycles. The van der Waals surface area contributed by atoms with Gasteiger partial charge in [0.2, 0.25) is 5.91 Å². The summed E-state index contributed by atoms with van der Waals surface area (Å²) in [5, 5.41) is 3.59. The molecule has 22 heavy (non-hydrogen) atoms. The van der Waals surface area contributed by atoms with Crippen molar-refractivity contribution in [3.05, 3.63) is 64.9 Å². The molecule has 0 saturated carbocycles. The van der Waals surface area contributed by atoms with Gasteiger partial charge in [0.25, 0.3) is 0 Å². The fourth-order valence-electron chi connectivity index (χ4n) is 2.27. The zero-order valence-corrected chi connectivity index (χ0v) is 12.7. The molecule has 3 aromatic rings. The molecule has 0 unspecified atom stereocenters. The van der Waals surface area contributed by atoms with E-state index in [9.17, 15) is 4.79 Å². The van der Waals surface area contributed by atoms with Crippen LogP contribution < -0.4 is 5.32 Å². The van der Waals surface area contributed by atoms with E-state index in [2.05, 4.69) is 15.3 Å². The van der Waals surface area contributed by atoms with Crippen LogP contribution in [0.2, 0.25) is 5.02 Å². The van der Waals surface area contributed by atoms with Crippen molar-refractivity contribution < 1.29 is 4.79 Å². The minimum Gasteiger partial charge on any atom is -0.349 e. The topological polar surface area (TPSA) is 57.8 Å². The number of aromatic nitrogens is 2. The molecule has 0 aliphatic rings. The van der Waals surface area contributed by atoms with Gasteiger partial charge in [-0.15, -0.1) is 0 Å². The second-order valence-electron chi connectivity index (χ2n) is 5.10. The van der Waals surface area contributed by atoms with Crippen molar-refractivity contribution in [1.29, 1.82) is 0 Å². The van der Waals surface area contributed by atoms with Gasteiger partial charge in [0.1, 0.15) is 5.82 Å². The van der Waals surface area contributed by atoms with E-state index in [0.717, 1.165) is 22.4 Å². The minimum atomic E-state index is 0.00964. The predicted octanol–water partition coefficient (Wildman–Crippen LogP) is 3.47. The Morgan fingerprint density at radius 1 is 1.14 bits per heavy atom. The number of carbonyl (C=O) groups is 1. The number of carbonyl (C=O) groups excluding carboxylic acids is 1. The number of H-pyrrole nitrogens is 1. The highest BCUT2D eigenvalue weighted by Crippen LogP contribution is 2.11. The lowest BCUT2D eigenvalue weighted by molar-refractivity contribution is -0.121. The molecular formula is C17H16ClN3O. The lowest BCUT2D eigenvalue weighted by Crippen LogP contribution is -2.23. The molecule has 2 aromatic carbocycles. The molecule has 0 atom stereocenters. The SMILES string of the molecule is O=C(CCc1ccc(Cl)cc1)NCc1nc2ccccc2[nH]1. The first-order valence-corrected chi connectivity index (χ1v) is 7.53. The average molecular weight is 314 g/mol. The molecule has 1 aromatic heterocycles. The number of aromatic amines is 1. The lowest BCUT2D eigenvalue weighted by Gasteiger charge is -2.04. The molecule has 0 radical (unpaired) electrons. The highest BCUT2D eigenvalue weighted by Gasteiger charge is 2.05. The van der Waals surface area contributed by atoms with E-state index < -0.39 is 0 Å². The van der Waals surface area contributed by atoms with Gasteiger partial charge in [-0.25, -0.2) is 4.98 Å². The van der Waals surface area contributed by atoms with Crippen molar-refractivity contribution in [2.45, 2.75) is 19.4 Å². The summed E-state index contributed by atoms with van der Waals surface area (Å²) in [5.74, 6) is 0.774. The number of hydrogen-bond donors (Lipinski definition) is 2. The summed E-state index contributed by atoms with van der Waals surface area (Å²) in [5.41, 5.74) is 2.99. The van der Waals surface area contributed by atoms with Gasteiger partial charge in [-0.1, -0.05) is 35.9 Å². The van der Waals surface area contributed by atoms with Crippen LogP contribution in [-0.2, 0) is 17.8 Å². The third kappa shape index (κ3) is 3.65. The molecule has 4 nitrogen and oxygen atoms in total. The van der Waals surface area contributed by atoms with Gasteiger partial charge in [0, 0.05) is 11.4 Å². The van der Waals surface area contributed by atoms with Crippen LogP contribution in [0.5, 0.6) is 0 Å². The summed E-state index contributed by atoms with van der Waals surface area (Å²) < 4.78 is 0. The summed E-state index contributed by atoms with van der Waals surface area (Å²) in [7, 11) is 0. The molecule has 0 aliphatic carbocycles. The van der Waals surface area contributed by atoms with E-state index in [4.69, 9.17) is 11.6 Å². The molecule has 3 rings (SSSR count). The second-order valence-corrected chi connectivity index (χ2v) is 5.54. The van der Waals surface area contributed by atoms with Crippen molar-refractivity contribution in [2.75, 3.05) is 0 Å². The van der Waals surface area contributed by atoms with E-state index in [1.807, 2.05) is 48.5 Å². The van der Waals surface area contributed by atoms with Crippen LogP contribution in [0.1, 0.15) is 17.8 Å². The quantitative estimate of drug-likeness (QED) is 0.758. The van der Waals surface area contributed by atoms with Crippen molar-refractivity contribution in [3.63, 3.8) is 0 Å². The first kappa shape index (κ1) is 14.6. The number of fused-ring (bicyclic) bond motifs is 1. The average Bonchev–Trinajstić information content (AvgIpc) is 2.95.